The van der Waals surface area contributed by atoms with Crippen molar-refractivity contribution in [3.63, 3.8) is 0 Å². The minimum Gasteiger partial charge on any atom is -0.320 e. The Kier molecular flexibility index (Phi) is 2.97. The van der Waals surface area contributed by atoms with Crippen molar-refractivity contribution in [2.45, 2.75) is 50.7 Å². The van der Waals surface area contributed by atoms with E-state index in [4.69, 9.17) is 5.73 Å². The van der Waals surface area contributed by atoms with Gasteiger partial charge in [-0.1, -0.05) is 38.5 Å². The second-order valence-corrected chi connectivity index (χ2v) is 5.03. The Balaban J connectivity index is 2.03. The quantitative estimate of drug-likeness (QED) is 0.778. The number of nitrogens with two attached hydrogens (primary N) is 1. The summed E-state index contributed by atoms with van der Waals surface area (Å²) in [5, 5.41) is 0. The van der Waals surface area contributed by atoms with Crippen molar-refractivity contribution in [3.8, 4) is 0 Å². The molecular formula is C11H18F3N. The number of alkyl halides is 3. The van der Waals surface area contributed by atoms with Gasteiger partial charge in [0.25, 0.3) is 0 Å². The Morgan fingerprint density at radius 3 is 1.53 bits per heavy atom. The summed E-state index contributed by atoms with van der Waals surface area (Å²) in [7, 11) is 0. The molecule has 4 heteroatoms. The van der Waals surface area contributed by atoms with Gasteiger partial charge in [-0.25, -0.2) is 0 Å². The van der Waals surface area contributed by atoms with E-state index >= 15 is 0 Å². The van der Waals surface area contributed by atoms with Crippen molar-refractivity contribution in [1.82, 2.24) is 0 Å². The second-order valence-electron chi connectivity index (χ2n) is 5.03. The van der Waals surface area contributed by atoms with Crippen LogP contribution in [0.2, 0.25) is 0 Å². The summed E-state index contributed by atoms with van der Waals surface area (Å²) in [5.74, 6) is 0.186. The molecule has 0 heterocycles. The van der Waals surface area contributed by atoms with Gasteiger partial charge in [-0.05, 0) is 17.8 Å². The zero-order chi connectivity index (χ0) is 11.1. The first-order valence-corrected chi connectivity index (χ1v) is 5.82. The first-order valence-electron chi connectivity index (χ1n) is 5.82. The van der Waals surface area contributed by atoms with Crippen molar-refractivity contribution in [1.29, 1.82) is 0 Å². The average molecular weight is 221 g/mol. The molecule has 88 valence electrons. The SMILES string of the molecule is NC(C(C1CCC1)C1CCC1)C(F)(F)F. The molecule has 0 aliphatic heterocycles. The highest BCUT2D eigenvalue weighted by Crippen LogP contribution is 2.48. The maximum atomic E-state index is 12.6. The Morgan fingerprint density at radius 2 is 1.33 bits per heavy atom. The van der Waals surface area contributed by atoms with E-state index in [0.29, 0.717) is 0 Å². The zero-order valence-corrected chi connectivity index (χ0v) is 8.76. The summed E-state index contributed by atoms with van der Waals surface area (Å²) < 4.78 is 37.8. The Morgan fingerprint density at radius 1 is 0.933 bits per heavy atom. The van der Waals surface area contributed by atoms with Crippen molar-refractivity contribution >= 4 is 0 Å². The fourth-order valence-electron chi connectivity index (χ4n) is 2.84. The molecule has 1 atom stereocenters. The van der Waals surface area contributed by atoms with Crippen molar-refractivity contribution < 1.29 is 13.2 Å². The van der Waals surface area contributed by atoms with E-state index < -0.39 is 12.2 Å². The van der Waals surface area contributed by atoms with Gasteiger partial charge in [0.1, 0.15) is 6.04 Å². The molecule has 0 aromatic rings. The Bertz CT molecular complexity index is 204. The van der Waals surface area contributed by atoms with E-state index in [1.165, 1.54) is 0 Å². The van der Waals surface area contributed by atoms with E-state index in [0.717, 1.165) is 38.5 Å². The lowest BCUT2D eigenvalue weighted by Gasteiger charge is -2.45. The minimum absolute atomic E-state index is 0.243. The monoisotopic (exact) mass is 221 g/mol. The van der Waals surface area contributed by atoms with Crippen LogP contribution >= 0.6 is 0 Å². The molecule has 0 radical (unpaired) electrons. The van der Waals surface area contributed by atoms with Gasteiger partial charge in [-0.2, -0.15) is 13.2 Å². The Labute approximate surface area is 88.2 Å². The van der Waals surface area contributed by atoms with Crippen LogP contribution in [0.4, 0.5) is 13.2 Å². The van der Waals surface area contributed by atoms with Crippen molar-refractivity contribution in [3.05, 3.63) is 0 Å². The fourth-order valence-corrected chi connectivity index (χ4v) is 2.84. The van der Waals surface area contributed by atoms with Crippen molar-refractivity contribution in [2.75, 3.05) is 0 Å². The number of hydrogen-bond donors (Lipinski definition) is 1. The van der Waals surface area contributed by atoms with E-state index in [1.54, 1.807) is 0 Å². The molecule has 1 nitrogen and oxygen atoms in total. The van der Waals surface area contributed by atoms with E-state index in [2.05, 4.69) is 0 Å². The number of halogens is 3. The van der Waals surface area contributed by atoms with E-state index in [1.807, 2.05) is 0 Å². The standard InChI is InChI=1S/C11H18F3N/c12-11(13,14)10(15)9(7-3-1-4-7)8-5-2-6-8/h7-10H,1-6,15H2. The smallest absolute Gasteiger partial charge is 0.320 e. The fraction of sp³-hybridized carbons (Fsp3) is 1.00. The summed E-state index contributed by atoms with van der Waals surface area (Å²) in [6.07, 6.45) is 1.75. The maximum Gasteiger partial charge on any atom is 0.403 e. The molecule has 0 spiro atoms. The summed E-state index contributed by atoms with van der Waals surface area (Å²) in [5.41, 5.74) is 5.39. The summed E-state index contributed by atoms with van der Waals surface area (Å²) in [4.78, 5) is 0. The van der Waals surface area contributed by atoms with Crippen molar-refractivity contribution in [2.24, 2.45) is 23.5 Å². The van der Waals surface area contributed by atoms with Crippen LogP contribution < -0.4 is 5.73 Å². The van der Waals surface area contributed by atoms with Crippen LogP contribution in [0, 0.1) is 17.8 Å². The topological polar surface area (TPSA) is 26.0 Å². The Hall–Kier alpha value is -0.250. The average Bonchev–Trinajstić information content (AvgIpc) is 1.93. The molecule has 0 bridgehead atoms. The molecule has 2 rings (SSSR count). The number of hydrogen-bond acceptors (Lipinski definition) is 1. The van der Waals surface area contributed by atoms with Gasteiger partial charge in [0.15, 0.2) is 0 Å². The lowest BCUT2D eigenvalue weighted by atomic mass is 9.62. The molecule has 2 aliphatic carbocycles. The second kappa shape index (κ2) is 3.96. The minimum atomic E-state index is -4.21. The third-order valence-corrected chi connectivity index (χ3v) is 4.18. The molecule has 0 aromatic carbocycles. The molecular weight excluding hydrogens is 203 g/mol. The molecule has 2 saturated carbocycles. The first kappa shape index (κ1) is 11.2. The highest BCUT2D eigenvalue weighted by atomic mass is 19.4. The summed E-state index contributed by atoms with van der Waals surface area (Å²) in [6.45, 7) is 0. The predicted molar refractivity (Wildman–Crippen MR) is 52.2 cm³/mol. The largest absolute Gasteiger partial charge is 0.403 e. The van der Waals surface area contributed by atoms with Gasteiger partial charge in [-0.15, -0.1) is 0 Å². The third kappa shape index (κ3) is 2.14. The van der Waals surface area contributed by atoms with E-state index in [-0.39, 0.29) is 17.8 Å². The summed E-state index contributed by atoms with van der Waals surface area (Å²) >= 11 is 0. The highest BCUT2D eigenvalue weighted by Gasteiger charge is 2.49. The zero-order valence-electron chi connectivity index (χ0n) is 8.76. The van der Waals surface area contributed by atoms with Gasteiger partial charge in [0.05, 0.1) is 0 Å². The van der Waals surface area contributed by atoms with Crippen LogP contribution in [0.15, 0.2) is 0 Å². The van der Waals surface area contributed by atoms with E-state index in [9.17, 15) is 13.2 Å². The van der Waals surface area contributed by atoms with Crippen LogP contribution in [0.1, 0.15) is 38.5 Å². The van der Waals surface area contributed by atoms with Crippen LogP contribution in [0.25, 0.3) is 0 Å². The normalized spacial score (nSPS) is 26.2. The van der Waals surface area contributed by atoms with Crippen LogP contribution in [-0.4, -0.2) is 12.2 Å². The van der Waals surface area contributed by atoms with Crippen LogP contribution in [0.3, 0.4) is 0 Å². The third-order valence-electron chi connectivity index (χ3n) is 4.18. The lowest BCUT2D eigenvalue weighted by Crippen LogP contribution is -2.51. The molecule has 2 N–H and O–H groups in total. The maximum absolute atomic E-state index is 12.6. The molecule has 0 amide bonds. The molecule has 2 aliphatic rings. The molecule has 0 aromatic heterocycles. The predicted octanol–water partition coefficient (Wildman–Crippen LogP) is 3.09. The van der Waals surface area contributed by atoms with Gasteiger partial charge in [-0.3, -0.25) is 0 Å². The van der Waals surface area contributed by atoms with Gasteiger partial charge >= 0.3 is 6.18 Å². The lowest BCUT2D eigenvalue weighted by molar-refractivity contribution is -0.175. The van der Waals surface area contributed by atoms with Gasteiger partial charge < -0.3 is 5.73 Å². The van der Waals surface area contributed by atoms with Gasteiger partial charge in [0.2, 0.25) is 0 Å². The molecule has 15 heavy (non-hydrogen) atoms. The highest BCUT2D eigenvalue weighted by molar-refractivity contribution is 4.94. The molecule has 1 unspecified atom stereocenters. The number of rotatable bonds is 3. The molecule has 2 fully saturated rings. The van der Waals surface area contributed by atoms with Crippen LogP contribution in [0.5, 0.6) is 0 Å². The first-order chi connectivity index (χ1) is 7.00. The van der Waals surface area contributed by atoms with Crippen LogP contribution in [-0.2, 0) is 0 Å². The van der Waals surface area contributed by atoms with Gasteiger partial charge in [0, 0.05) is 0 Å². The summed E-state index contributed by atoms with van der Waals surface area (Å²) in [6, 6.07) is -1.59. The molecule has 0 saturated heterocycles.